The first kappa shape index (κ1) is 19.0. The minimum Gasteiger partial charge on any atom is -0.454 e. The highest BCUT2D eigenvalue weighted by Gasteiger charge is 2.24. The second-order valence-corrected chi connectivity index (χ2v) is 8.33. The summed E-state index contributed by atoms with van der Waals surface area (Å²) in [4.78, 5) is 12.4. The number of sulfonamides is 1. The molecule has 0 aliphatic carbocycles. The molecule has 0 spiro atoms. The molecule has 1 aliphatic heterocycles. The minimum atomic E-state index is -3.65. The summed E-state index contributed by atoms with van der Waals surface area (Å²) in [5.74, 6) is 0.751. The Kier molecular flexibility index (Phi) is 5.55. The lowest BCUT2D eigenvalue weighted by atomic mass is 10.0. The maximum Gasteiger partial charge on any atom is 0.240 e. The van der Waals surface area contributed by atoms with E-state index in [-0.39, 0.29) is 25.2 Å². The van der Waals surface area contributed by atoms with Gasteiger partial charge in [0.15, 0.2) is 11.5 Å². The van der Waals surface area contributed by atoms with Crippen molar-refractivity contribution in [1.82, 2.24) is 5.32 Å². The van der Waals surface area contributed by atoms with Gasteiger partial charge in [-0.05, 0) is 23.6 Å². The van der Waals surface area contributed by atoms with Crippen LogP contribution in [0.25, 0.3) is 0 Å². The first-order valence-electron chi connectivity index (χ1n) is 8.53. The van der Waals surface area contributed by atoms with E-state index < -0.39 is 10.0 Å². The topological polar surface area (TPSA) is 84.9 Å². The molecule has 1 heterocycles. The maximum atomic E-state index is 12.4. The lowest BCUT2D eigenvalue weighted by Crippen LogP contribution is -2.41. The van der Waals surface area contributed by atoms with Crippen LogP contribution < -0.4 is 19.1 Å². The van der Waals surface area contributed by atoms with Gasteiger partial charge in [-0.1, -0.05) is 37.3 Å². The average Bonchev–Trinajstić information content (AvgIpc) is 3.11. The van der Waals surface area contributed by atoms with Crippen molar-refractivity contribution in [3.8, 4) is 11.5 Å². The van der Waals surface area contributed by atoms with E-state index in [2.05, 4.69) is 5.32 Å². The molecular weight excluding hydrogens is 368 g/mol. The molecule has 8 heteroatoms. The number of carbonyl (C=O) groups excluding carboxylic acids is 1. The lowest BCUT2D eigenvalue weighted by Gasteiger charge is -2.22. The van der Waals surface area contributed by atoms with Gasteiger partial charge in [-0.2, -0.15) is 0 Å². The number of carbonyl (C=O) groups is 1. The SMILES string of the molecule is C[C@@H](CNC(=O)CN(c1ccc2c(c1)OCO2)S(C)(=O)=O)c1ccccc1. The molecule has 0 saturated carbocycles. The van der Waals surface area contributed by atoms with Crippen molar-refractivity contribution in [2.45, 2.75) is 12.8 Å². The summed E-state index contributed by atoms with van der Waals surface area (Å²) in [7, 11) is -3.65. The molecule has 0 unspecified atom stereocenters. The highest BCUT2D eigenvalue weighted by Crippen LogP contribution is 2.36. The van der Waals surface area contributed by atoms with Crippen LogP contribution in [0.2, 0.25) is 0 Å². The van der Waals surface area contributed by atoms with Crippen molar-refractivity contribution < 1.29 is 22.7 Å². The molecule has 3 rings (SSSR count). The monoisotopic (exact) mass is 390 g/mol. The summed E-state index contributed by atoms with van der Waals surface area (Å²) >= 11 is 0. The van der Waals surface area contributed by atoms with Gasteiger partial charge in [0.25, 0.3) is 0 Å². The van der Waals surface area contributed by atoms with Crippen molar-refractivity contribution in [1.29, 1.82) is 0 Å². The van der Waals surface area contributed by atoms with E-state index >= 15 is 0 Å². The van der Waals surface area contributed by atoms with Crippen LogP contribution in [0.15, 0.2) is 48.5 Å². The van der Waals surface area contributed by atoms with E-state index in [4.69, 9.17) is 9.47 Å². The zero-order valence-electron chi connectivity index (χ0n) is 15.2. The first-order valence-corrected chi connectivity index (χ1v) is 10.4. The fourth-order valence-corrected chi connectivity index (χ4v) is 3.64. The molecule has 1 N–H and O–H groups in total. The third kappa shape index (κ3) is 4.71. The quantitative estimate of drug-likeness (QED) is 0.783. The van der Waals surface area contributed by atoms with Gasteiger partial charge in [0.05, 0.1) is 11.9 Å². The Labute approximate surface area is 158 Å². The van der Waals surface area contributed by atoms with Gasteiger partial charge < -0.3 is 14.8 Å². The number of amides is 1. The molecule has 144 valence electrons. The Balaban J connectivity index is 1.67. The summed E-state index contributed by atoms with van der Waals surface area (Å²) in [6.07, 6.45) is 1.07. The molecule has 0 saturated heterocycles. The van der Waals surface area contributed by atoms with Gasteiger partial charge in [0.1, 0.15) is 6.54 Å². The van der Waals surface area contributed by atoms with E-state index in [1.54, 1.807) is 18.2 Å². The number of benzene rings is 2. The molecule has 27 heavy (non-hydrogen) atoms. The Morgan fingerprint density at radius 2 is 1.85 bits per heavy atom. The van der Waals surface area contributed by atoms with Gasteiger partial charge in [-0.25, -0.2) is 8.42 Å². The van der Waals surface area contributed by atoms with Crippen LogP contribution in [0, 0.1) is 0 Å². The molecule has 2 aromatic carbocycles. The van der Waals surface area contributed by atoms with Crippen LogP contribution in [0.4, 0.5) is 5.69 Å². The normalized spacial score (nSPS) is 13.9. The van der Waals surface area contributed by atoms with Crippen molar-refractivity contribution in [3.63, 3.8) is 0 Å². The van der Waals surface area contributed by atoms with E-state index in [9.17, 15) is 13.2 Å². The smallest absolute Gasteiger partial charge is 0.240 e. The lowest BCUT2D eigenvalue weighted by molar-refractivity contribution is -0.119. The molecular formula is C19H22N2O5S. The van der Waals surface area contributed by atoms with E-state index in [0.29, 0.717) is 23.7 Å². The van der Waals surface area contributed by atoms with Crippen LogP contribution in [0.1, 0.15) is 18.4 Å². The fraction of sp³-hybridized carbons (Fsp3) is 0.316. The molecule has 7 nitrogen and oxygen atoms in total. The van der Waals surface area contributed by atoms with Crippen molar-refractivity contribution in [3.05, 3.63) is 54.1 Å². The van der Waals surface area contributed by atoms with Gasteiger partial charge in [-0.15, -0.1) is 0 Å². The number of ether oxygens (including phenoxy) is 2. The zero-order chi connectivity index (χ0) is 19.4. The Hall–Kier alpha value is -2.74. The molecule has 2 aromatic rings. The third-order valence-corrected chi connectivity index (χ3v) is 5.45. The number of nitrogens with one attached hydrogen (secondary N) is 1. The predicted octanol–water partition coefficient (Wildman–Crippen LogP) is 2.10. The largest absolute Gasteiger partial charge is 0.454 e. The number of hydrogen-bond acceptors (Lipinski definition) is 5. The van der Waals surface area contributed by atoms with Crippen molar-refractivity contribution in [2.75, 3.05) is 30.4 Å². The summed E-state index contributed by atoms with van der Waals surface area (Å²) in [5.41, 5.74) is 1.46. The number of hydrogen-bond donors (Lipinski definition) is 1. The second-order valence-electron chi connectivity index (χ2n) is 6.42. The number of rotatable bonds is 7. The summed E-state index contributed by atoms with van der Waals surface area (Å²) in [6.45, 7) is 2.21. The zero-order valence-corrected chi connectivity index (χ0v) is 16.0. The average molecular weight is 390 g/mol. The van der Waals surface area contributed by atoms with Crippen LogP contribution in [-0.2, 0) is 14.8 Å². The standard InChI is InChI=1S/C19H22N2O5S/c1-14(15-6-4-3-5-7-15)11-20-19(22)12-21(27(2,23)24)16-8-9-17-18(10-16)26-13-25-17/h3-10,14H,11-13H2,1-2H3,(H,20,22)/t14-/m0/s1. The molecule has 0 bridgehead atoms. The highest BCUT2D eigenvalue weighted by atomic mass is 32.2. The van der Waals surface area contributed by atoms with Crippen LogP contribution >= 0.6 is 0 Å². The summed E-state index contributed by atoms with van der Waals surface area (Å²) in [5, 5.41) is 2.80. The molecule has 0 fully saturated rings. The molecule has 1 amide bonds. The van der Waals surface area contributed by atoms with E-state index in [1.807, 2.05) is 37.3 Å². The predicted molar refractivity (Wildman–Crippen MR) is 103 cm³/mol. The van der Waals surface area contributed by atoms with Crippen LogP contribution in [0.5, 0.6) is 11.5 Å². The number of anilines is 1. The minimum absolute atomic E-state index is 0.0928. The van der Waals surface area contributed by atoms with Crippen molar-refractivity contribution >= 4 is 21.6 Å². The van der Waals surface area contributed by atoms with Crippen LogP contribution in [-0.4, -0.2) is 40.5 Å². The van der Waals surface area contributed by atoms with Gasteiger partial charge >= 0.3 is 0 Å². The molecule has 0 radical (unpaired) electrons. The van der Waals surface area contributed by atoms with Gasteiger partial charge in [0.2, 0.25) is 22.7 Å². The Morgan fingerprint density at radius 3 is 2.56 bits per heavy atom. The van der Waals surface area contributed by atoms with Crippen molar-refractivity contribution in [2.24, 2.45) is 0 Å². The van der Waals surface area contributed by atoms with Gasteiger partial charge in [0, 0.05) is 12.6 Å². The number of nitrogens with zero attached hydrogens (tertiary/aromatic N) is 1. The Bertz CT molecular complexity index is 915. The van der Waals surface area contributed by atoms with Gasteiger partial charge in [-0.3, -0.25) is 9.10 Å². The molecule has 0 aromatic heterocycles. The molecule has 1 atom stereocenters. The second kappa shape index (κ2) is 7.87. The maximum absolute atomic E-state index is 12.4. The number of fused-ring (bicyclic) bond motifs is 1. The van der Waals surface area contributed by atoms with E-state index in [0.717, 1.165) is 16.1 Å². The summed E-state index contributed by atoms with van der Waals surface area (Å²) in [6, 6.07) is 14.6. The van der Waals surface area contributed by atoms with Crippen LogP contribution in [0.3, 0.4) is 0 Å². The van der Waals surface area contributed by atoms with E-state index in [1.165, 1.54) is 0 Å². The summed E-state index contributed by atoms with van der Waals surface area (Å²) < 4.78 is 36.0. The fourth-order valence-electron chi connectivity index (χ4n) is 2.79. The third-order valence-electron chi connectivity index (χ3n) is 4.31. The first-order chi connectivity index (χ1) is 12.8. The Morgan fingerprint density at radius 1 is 1.15 bits per heavy atom. The highest BCUT2D eigenvalue weighted by molar-refractivity contribution is 7.92. The molecule has 1 aliphatic rings.